The molecule has 0 fully saturated rings. The molecule has 1 aromatic carbocycles. The van der Waals surface area contributed by atoms with Crippen molar-refractivity contribution in [1.29, 1.82) is 0 Å². The smallest absolute Gasteiger partial charge is 0.331 e. The van der Waals surface area contributed by atoms with Gasteiger partial charge in [0.1, 0.15) is 17.1 Å². The fourth-order valence-corrected chi connectivity index (χ4v) is 6.62. The molecule has 0 saturated carbocycles. The van der Waals surface area contributed by atoms with Crippen LogP contribution < -0.4 is 9.16 Å². The van der Waals surface area contributed by atoms with Gasteiger partial charge >= 0.3 is 5.97 Å². The summed E-state index contributed by atoms with van der Waals surface area (Å²) in [6.45, 7) is 22.6. The molecule has 36 heavy (non-hydrogen) atoms. The fourth-order valence-electron chi connectivity index (χ4n) is 5.59. The van der Waals surface area contributed by atoms with Gasteiger partial charge in [-0.25, -0.2) is 4.79 Å². The van der Waals surface area contributed by atoms with Crippen molar-refractivity contribution in [3.8, 4) is 11.5 Å². The maximum Gasteiger partial charge on any atom is 0.331 e. The van der Waals surface area contributed by atoms with Gasteiger partial charge in [-0.2, -0.15) is 0 Å². The molecule has 0 spiro atoms. The zero-order valence-corrected chi connectivity index (χ0v) is 25.5. The molecule has 0 unspecified atom stereocenters. The minimum absolute atomic E-state index is 0.00262. The Hall–Kier alpha value is -1.75. The highest BCUT2D eigenvalue weighted by Crippen LogP contribution is 2.56. The lowest BCUT2D eigenvalue weighted by Gasteiger charge is -2.48. The predicted octanol–water partition coefficient (Wildman–Crippen LogP) is 8.99. The first-order valence-corrected chi connectivity index (χ1v) is 16.9. The second-order valence-corrected chi connectivity index (χ2v) is 18.6. The Labute approximate surface area is 221 Å². The minimum atomic E-state index is -2.14. The average molecular weight is 515 g/mol. The van der Waals surface area contributed by atoms with Gasteiger partial charge in [-0.3, -0.25) is 0 Å². The summed E-state index contributed by atoms with van der Waals surface area (Å²) < 4.78 is 13.8. The van der Waals surface area contributed by atoms with Crippen molar-refractivity contribution < 1.29 is 19.1 Å². The number of allylic oxidation sites excluding steroid dienone is 1. The number of hydrogen-bond donors (Lipinski definition) is 1. The quantitative estimate of drug-likeness (QED) is 0.264. The predicted molar refractivity (Wildman–Crippen MR) is 152 cm³/mol. The number of carboxylic acid groups (broad SMARTS) is 1. The lowest BCUT2D eigenvalue weighted by molar-refractivity contribution is -0.133. The molecule has 0 radical (unpaired) electrons. The number of carboxylic acids is 1. The SMILES string of the molecule is CCCCCCC(C)(C)c1cc2c(c(O[Si](C)(C)C(C)(C)C)c1)[C@@H]1CC(C(=O)O)=CC[C@H]1C(C)(C)O2. The van der Waals surface area contributed by atoms with E-state index in [9.17, 15) is 9.90 Å². The van der Waals surface area contributed by atoms with Crippen molar-refractivity contribution >= 4 is 14.3 Å². The van der Waals surface area contributed by atoms with Crippen LogP contribution in [0.15, 0.2) is 23.8 Å². The highest BCUT2D eigenvalue weighted by atomic mass is 28.4. The van der Waals surface area contributed by atoms with Crippen LogP contribution in [0, 0.1) is 5.92 Å². The fraction of sp³-hybridized carbons (Fsp3) is 0.710. The molecule has 0 amide bonds. The molecule has 2 aliphatic rings. The van der Waals surface area contributed by atoms with Crippen LogP contribution >= 0.6 is 0 Å². The Morgan fingerprint density at radius 3 is 2.39 bits per heavy atom. The van der Waals surface area contributed by atoms with Gasteiger partial charge in [0.15, 0.2) is 0 Å². The van der Waals surface area contributed by atoms with E-state index in [0.717, 1.165) is 23.5 Å². The average Bonchev–Trinajstić information content (AvgIpc) is 2.74. The van der Waals surface area contributed by atoms with Crippen LogP contribution in [0.25, 0.3) is 0 Å². The molecule has 0 bridgehead atoms. The molecule has 1 aromatic rings. The normalized spacial score (nSPS) is 21.7. The number of hydrogen-bond acceptors (Lipinski definition) is 3. The molecule has 1 heterocycles. The first kappa shape index (κ1) is 28.8. The van der Waals surface area contributed by atoms with E-state index < -0.39 is 14.3 Å². The zero-order valence-electron chi connectivity index (χ0n) is 24.5. The third kappa shape index (κ3) is 5.87. The first-order valence-electron chi connectivity index (χ1n) is 14.0. The molecule has 1 aliphatic heterocycles. The van der Waals surface area contributed by atoms with Crippen LogP contribution in [0.4, 0.5) is 0 Å². The Balaban J connectivity index is 2.15. The molecule has 1 N–H and O–H groups in total. The maximum absolute atomic E-state index is 12.0. The molecule has 3 rings (SSSR count). The third-order valence-corrected chi connectivity index (χ3v) is 13.5. The van der Waals surface area contributed by atoms with Crippen LogP contribution in [-0.4, -0.2) is 25.0 Å². The van der Waals surface area contributed by atoms with Gasteiger partial charge in [0.05, 0.1) is 0 Å². The number of unbranched alkanes of at least 4 members (excludes halogenated alkanes) is 3. The summed E-state index contributed by atoms with van der Waals surface area (Å²) in [7, 11) is -2.14. The molecule has 0 saturated heterocycles. The Morgan fingerprint density at radius 2 is 1.81 bits per heavy atom. The molecule has 4 nitrogen and oxygen atoms in total. The number of carbonyl (C=O) groups is 1. The Morgan fingerprint density at radius 1 is 1.14 bits per heavy atom. The summed E-state index contributed by atoms with van der Waals surface area (Å²) in [6.07, 6.45) is 9.24. The van der Waals surface area contributed by atoms with E-state index in [0.29, 0.717) is 18.4 Å². The number of ether oxygens (including phenoxy) is 1. The van der Waals surface area contributed by atoms with E-state index in [1.54, 1.807) is 0 Å². The van der Waals surface area contributed by atoms with E-state index in [-0.39, 0.29) is 27.9 Å². The van der Waals surface area contributed by atoms with Crippen molar-refractivity contribution in [3.63, 3.8) is 0 Å². The van der Waals surface area contributed by atoms with Crippen LogP contribution in [0.3, 0.4) is 0 Å². The van der Waals surface area contributed by atoms with Crippen LogP contribution in [-0.2, 0) is 10.2 Å². The van der Waals surface area contributed by atoms with E-state index in [4.69, 9.17) is 9.16 Å². The number of benzene rings is 1. The van der Waals surface area contributed by atoms with Crippen molar-refractivity contribution in [2.75, 3.05) is 0 Å². The highest BCUT2D eigenvalue weighted by Gasteiger charge is 2.48. The van der Waals surface area contributed by atoms with Crippen molar-refractivity contribution in [2.45, 2.75) is 135 Å². The molecule has 1 aliphatic carbocycles. The van der Waals surface area contributed by atoms with Crippen molar-refractivity contribution in [3.05, 3.63) is 34.9 Å². The monoisotopic (exact) mass is 514 g/mol. The first-order chi connectivity index (χ1) is 16.5. The number of aliphatic carboxylic acids is 1. The standard InChI is InChI=1S/C31H50O4Si/c1-11-12-13-14-17-30(5,6)22-19-25-27(26(20-22)35-36(9,10)29(2,3)4)23-18-21(28(32)33)15-16-24(23)31(7,8)34-25/h15,19-20,23-24H,11-14,16-18H2,1-10H3,(H,32,33)/t23-,24-/m1/s1. The molecular weight excluding hydrogens is 464 g/mol. The minimum Gasteiger partial charge on any atom is -0.543 e. The van der Waals surface area contributed by atoms with Gasteiger partial charge in [0, 0.05) is 23.0 Å². The van der Waals surface area contributed by atoms with Gasteiger partial charge in [-0.05, 0) is 74.4 Å². The maximum atomic E-state index is 12.0. The third-order valence-electron chi connectivity index (χ3n) is 9.17. The largest absolute Gasteiger partial charge is 0.543 e. The van der Waals surface area contributed by atoms with Gasteiger partial charge in [-0.15, -0.1) is 0 Å². The molecule has 202 valence electrons. The van der Waals surface area contributed by atoms with Crippen LogP contribution in [0.2, 0.25) is 18.1 Å². The lowest BCUT2D eigenvalue weighted by atomic mass is 9.66. The zero-order chi connectivity index (χ0) is 27.1. The van der Waals surface area contributed by atoms with Crippen molar-refractivity contribution in [1.82, 2.24) is 0 Å². The van der Waals surface area contributed by atoms with E-state index in [1.165, 1.54) is 31.2 Å². The summed E-state index contributed by atoms with van der Waals surface area (Å²) in [5, 5.41) is 9.87. The van der Waals surface area contributed by atoms with Gasteiger partial charge in [0.25, 0.3) is 0 Å². The summed E-state index contributed by atoms with van der Waals surface area (Å²) >= 11 is 0. The summed E-state index contributed by atoms with van der Waals surface area (Å²) in [6, 6.07) is 4.51. The summed E-state index contributed by atoms with van der Waals surface area (Å²) in [5.74, 6) is 1.29. The number of fused-ring (bicyclic) bond motifs is 3. The summed E-state index contributed by atoms with van der Waals surface area (Å²) in [4.78, 5) is 12.0. The van der Waals surface area contributed by atoms with Gasteiger partial charge in [-0.1, -0.05) is 73.3 Å². The van der Waals surface area contributed by atoms with Crippen LogP contribution in [0.5, 0.6) is 11.5 Å². The second kappa shape index (κ2) is 10.2. The second-order valence-electron chi connectivity index (χ2n) is 13.8. The topological polar surface area (TPSA) is 55.8 Å². The molecule has 5 heteroatoms. The molecular formula is C31H50O4Si. The lowest BCUT2D eigenvalue weighted by Crippen LogP contribution is -2.47. The highest BCUT2D eigenvalue weighted by molar-refractivity contribution is 6.74. The van der Waals surface area contributed by atoms with E-state index >= 15 is 0 Å². The van der Waals surface area contributed by atoms with Gasteiger partial charge < -0.3 is 14.3 Å². The number of rotatable bonds is 9. The van der Waals surface area contributed by atoms with Crippen molar-refractivity contribution in [2.24, 2.45) is 5.92 Å². The van der Waals surface area contributed by atoms with Gasteiger partial charge in [0.2, 0.25) is 8.32 Å². The Kier molecular flexibility index (Phi) is 8.16. The van der Waals surface area contributed by atoms with E-state index in [2.05, 4.69) is 80.6 Å². The van der Waals surface area contributed by atoms with E-state index in [1.807, 2.05) is 6.08 Å². The summed E-state index contributed by atoms with van der Waals surface area (Å²) in [5.41, 5.74) is 2.47. The van der Waals surface area contributed by atoms with Crippen LogP contribution in [0.1, 0.15) is 117 Å². The Bertz CT molecular complexity index is 997. The molecule has 0 aromatic heterocycles. The molecule has 2 atom stereocenters.